The molecule has 0 saturated heterocycles. The predicted molar refractivity (Wildman–Crippen MR) is 77.7 cm³/mol. The van der Waals surface area contributed by atoms with Gasteiger partial charge in [0.2, 0.25) is 0 Å². The van der Waals surface area contributed by atoms with E-state index >= 15 is 0 Å². The van der Waals surface area contributed by atoms with Crippen LogP contribution in [0.15, 0.2) is 41.0 Å². The van der Waals surface area contributed by atoms with Gasteiger partial charge < -0.3 is 5.32 Å². The van der Waals surface area contributed by atoms with E-state index in [0.717, 1.165) is 0 Å². The first-order valence-electron chi connectivity index (χ1n) is 5.66. The molecule has 7 heteroatoms. The smallest absolute Gasteiger partial charge is 0.271 e. The molecular weight excluding hydrogens is 326 g/mol. The molecule has 0 bridgehead atoms. The highest BCUT2D eigenvalue weighted by Gasteiger charge is 2.18. The van der Waals surface area contributed by atoms with Gasteiger partial charge in [0, 0.05) is 22.8 Å². The van der Waals surface area contributed by atoms with Gasteiger partial charge in [-0.25, -0.2) is 4.98 Å². The summed E-state index contributed by atoms with van der Waals surface area (Å²) in [5, 5.41) is 13.4. The summed E-state index contributed by atoms with van der Waals surface area (Å²) in [6.07, 6.45) is 1.55. The van der Waals surface area contributed by atoms with Crippen molar-refractivity contribution in [3.05, 3.63) is 62.2 Å². The fraction of sp³-hybridized carbons (Fsp3) is 0.0769. The molecule has 1 amide bonds. The quantitative estimate of drug-likeness (QED) is 0.688. The minimum atomic E-state index is -0.540. The molecule has 0 fully saturated rings. The van der Waals surface area contributed by atoms with Crippen LogP contribution in [0.4, 0.5) is 11.5 Å². The zero-order valence-electron chi connectivity index (χ0n) is 10.5. The summed E-state index contributed by atoms with van der Waals surface area (Å²) in [4.78, 5) is 26.4. The molecule has 0 radical (unpaired) electrons. The number of nitrogens with one attached hydrogen (secondary N) is 1. The summed E-state index contributed by atoms with van der Waals surface area (Å²) in [6.45, 7) is 1.71. The van der Waals surface area contributed by atoms with Crippen molar-refractivity contribution < 1.29 is 9.72 Å². The van der Waals surface area contributed by atoms with Crippen LogP contribution in [0.25, 0.3) is 0 Å². The highest BCUT2D eigenvalue weighted by Crippen LogP contribution is 2.26. The number of anilines is 1. The third kappa shape index (κ3) is 3.00. The van der Waals surface area contributed by atoms with Crippen molar-refractivity contribution in [2.75, 3.05) is 5.32 Å². The summed E-state index contributed by atoms with van der Waals surface area (Å²) in [5.41, 5.74) is 0.717. The lowest BCUT2D eigenvalue weighted by Gasteiger charge is -2.08. The van der Waals surface area contributed by atoms with E-state index in [9.17, 15) is 14.9 Å². The molecule has 1 aromatic heterocycles. The Bertz CT molecular complexity index is 674. The van der Waals surface area contributed by atoms with Crippen molar-refractivity contribution >= 4 is 33.3 Å². The molecule has 0 atom stereocenters. The van der Waals surface area contributed by atoms with Crippen molar-refractivity contribution in [1.29, 1.82) is 0 Å². The second kappa shape index (κ2) is 5.79. The molecule has 20 heavy (non-hydrogen) atoms. The Morgan fingerprint density at radius 1 is 1.40 bits per heavy atom. The van der Waals surface area contributed by atoms with Gasteiger partial charge in [-0.2, -0.15) is 0 Å². The van der Waals surface area contributed by atoms with Crippen molar-refractivity contribution in [2.45, 2.75) is 6.92 Å². The Morgan fingerprint density at radius 3 is 2.75 bits per heavy atom. The third-order valence-electron chi connectivity index (χ3n) is 2.69. The zero-order valence-corrected chi connectivity index (χ0v) is 12.0. The summed E-state index contributed by atoms with van der Waals surface area (Å²) in [6, 6.07) is 7.72. The molecule has 102 valence electrons. The standard InChI is InChI=1S/C13H10BrN3O3/c1-8-10(6-9(17(19)20)7-11(8)14)13(18)16-12-4-2-3-5-15-12/h2-7H,1H3,(H,15,16,18). The first-order valence-corrected chi connectivity index (χ1v) is 6.45. The molecule has 0 unspecified atom stereocenters. The number of rotatable bonds is 3. The fourth-order valence-corrected chi connectivity index (χ4v) is 2.07. The molecule has 1 aromatic carbocycles. The van der Waals surface area contributed by atoms with E-state index in [-0.39, 0.29) is 11.3 Å². The average molecular weight is 336 g/mol. The number of pyridine rings is 1. The largest absolute Gasteiger partial charge is 0.307 e. The molecule has 0 aliphatic carbocycles. The summed E-state index contributed by atoms with van der Waals surface area (Å²) < 4.78 is 0.512. The van der Waals surface area contributed by atoms with Crippen LogP contribution in [0.2, 0.25) is 0 Å². The molecule has 1 N–H and O–H groups in total. The van der Waals surface area contributed by atoms with Crippen LogP contribution < -0.4 is 5.32 Å². The van der Waals surface area contributed by atoms with E-state index in [1.807, 2.05) is 0 Å². The molecule has 0 aliphatic heterocycles. The molecule has 1 heterocycles. The van der Waals surface area contributed by atoms with E-state index in [0.29, 0.717) is 15.9 Å². The fourth-order valence-electron chi connectivity index (χ4n) is 1.63. The molecule has 6 nitrogen and oxygen atoms in total. The third-order valence-corrected chi connectivity index (χ3v) is 3.51. The maximum absolute atomic E-state index is 12.2. The van der Waals surface area contributed by atoms with Gasteiger partial charge >= 0.3 is 0 Å². The minimum Gasteiger partial charge on any atom is -0.307 e. The molecular formula is C13H10BrN3O3. The average Bonchev–Trinajstić information content (AvgIpc) is 2.42. The van der Waals surface area contributed by atoms with Gasteiger partial charge in [-0.05, 0) is 24.6 Å². The van der Waals surface area contributed by atoms with Crippen molar-refractivity contribution in [1.82, 2.24) is 4.98 Å². The van der Waals surface area contributed by atoms with Gasteiger partial charge in [-0.3, -0.25) is 14.9 Å². The maximum atomic E-state index is 12.2. The lowest BCUT2D eigenvalue weighted by Crippen LogP contribution is -2.14. The van der Waals surface area contributed by atoms with Crippen LogP contribution in [0, 0.1) is 17.0 Å². The second-order valence-electron chi connectivity index (χ2n) is 4.03. The van der Waals surface area contributed by atoms with Crippen LogP contribution in [0.1, 0.15) is 15.9 Å². The SMILES string of the molecule is Cc1c(Br)cc([N+](=O)[O-])cc1C(=O)Nc1ccccn1. The Kier molecular flexibility index (Phi) is 4.09. The van der Waals surface area contributed by atoms with Gasteiger partial charge in [0.25, 0.3) is 11.6 Å². The lowest BCUT2D eigenvalue weighted by molar-refractivity contribution is -0.385. The topological polar surface area (TPSA) is 85.1 Å². The van der Waals surface area contributed by atoms with Crippen LogP contribution in [0.3, 0.4) is 0 Å². The zero-order chi connectivity index (χ0) is 14.7. The molecule has 2 aromatic rings. The number of non-ortho nitro benzene ring substituents is 1. The second-order valence-corrected chi connectivity index (χ2v) is 4.88. The molecule has 0 saturated carbocycles. The number of nitro groups is 1. The lowest BCUT2D eigenvalue weighted by atomic mass is 10.1. The van der Waals surface area contributed by atoms with Crippen molar-refractivity contribution in [3.8, 4) is 0 Å². The number of benzene rings is 1. The highest BCUT2D eigenvalue weighted by molar-refractivity contribution is 9.10. The normalized spacial score (nSPS) is 10.1. The number of carbonyl (C=O) groups excluding carboxylic acids is 1. The monoisotopic (exact) mass is 335 g/mol. The number of nitro benzene ring substituents is 1. The van der Waals surface area contributed by atoms with Crippen LogP contribution in [0.5, 0.6) is 0 Å². The Labute approximate surface area is 123 Å². The van der Waals surface area contributed by atoms with Gasteiger partial charge in [0.05, 0.1) is 10.5 Å². The molecule has 0 spiro atoms. The number of amides is 1. The number of hydrogen-bond acceptors (Lipinski definition) is 4. The summed E-state index contributed by atoms with van der Waals surface area (Å²) >= 11 is 3.22. The van der Waals surface area contributed by atoms with E-state index in [2.05, 4.69) is 26.2 Å². The van der Waals surface area contributed by atoms with Gasteiger partial charge in [-0.1, -0.05) is 22.0 Å². The minimum absolute atomic E-state index is 0.145. The van der Waals surface area contributed by atoms with E-state index in [4.69, 9.17) is 0 Å². The van der Waals surface area contributed by atoms with E-state index in [1.165, 1.54) is 12.1 Å². The number of nitrogens with zero attached hydrogens (tertiary/aromatic N) is 2. The Balaban J connectivity index is 2.36. The van der Waals surface area contributed by atoms with Crippen molar-refractivity contribution in [3.63, 3.8) is 0 Å². The van der Waals surface area contributed by atoms with E-state index in [1.54, 1.807) is 31.3 Å². The summed E-state index contributed by atoms with van der Waals surface area (Å²) in [5.74, 6) is -0.0508. The number of aromatic nitrogens is 1. The predicted octanol–water partition coefficient (Wildman–Crippen LogP) is 3.31. The summed E-state index contributed by atoms with van der Waals surface area (Å²) in [7, 11) is 0. The van der Waals surface area contributed by atoms with Gasteiger partial charge in [0.1, 0.15) is 5.82 Å². The van der Waals surface area contributed by atoms with Crippen LogP contribution >= 0.6 is 15.9 Å². The number of halogens is 1. The first-order chi connectivity index (χ1) is 9.49. The Hall–Kier alpha value is -2.28. The molecule has 2 rings (SSSR count). The van der Waals surface area contributed by atoms with Gasteiger partial charge in [0.15, 0.2) is 0 Å². The molecule has 0 aliphatic rings. The maximum Gasteiger partial charge on any atom is 0.271 e. The van der Waals surface area contributed by atoms with Crippen LogP contribution in [-0.4, -0.2) is 15.8 Å². The van der Waals surface area contributed by atoms with Crippen LogP contribution in [-0.2, 0) is 0 Å². The van der Waals surface area contributed by atoms with Crippen molar-refractivity contribution in [2.24, 2.45) is 0 Å². The van der Waals surface area contributed by atoms with Gasteiger partial charge in [-0.15, -0.1) is 0 Å². The van der Waals surface area contributed by atoms with E-state index < -0.39 is 10.8 Å². The number of hydrogen-bond donors (Lipinski definition) is 1. The number of carbonyl (C=O) groups is 1. The highest BCUT2D eigenvalue weighted by atomic mass is 79.9. The first kappa shape index (κ1) is 14.1. The Morgan fingerprint density at radius 2 is 2.15 bits per heavy atom.